The van der Waals surface area contributed by atoms with Crippen LogP contribution in [-0.4, -0.2) is 27.3 Å². The van der Waals surface area contributed by atoms with Gasteiger partial charge in [-0.1, -0.05) is 27.7 Å². The third-order valence-corrected chi connectivity index (χ3v) is 4.54. The van der Waals surface area contributed by atoms with Crippen LogP contribution in [0.2, 0.25) is 0 Å². The Morgan fingerprint density at radius 2 is 2.17 bits per heavy atom. The molecular weight excluding hydrogens is 242 g/mol. The lowest BCUT2D eigenvalue weighted by atomic mass is 10.2. The first-order valence-corrected chi connectivity index (χ1v) is 8.14. The van der Waals surface area contributed by atoms with E-state index in [1.54, 1.807) is 0 Å². The first-order valence-electron chi connectivity index (χ1n) is 7.09. The molecule has 0 saturated carbocycles. The molecule has 2 unspecified atom stereocenters. The average molecular weight is 269 g/mol. The van der Waals surface area contributed by atoms with Crippen LogP contribution in [0.1, 0.15) is 52.3 Å². The minimum absolute atomic E-state index is 0.419. The Morgan fingerprint density at radius 3 is 2.78 bits per heavy atom. The van der Waals surface area contributed by atoms with Crippen molar-refractivity contribution in [2.75, 3.05) is 12.3 Å². The number of aromatic nitrogens is 2. The molecule has 0 aliphatic carbocycles. The molecule has 0 aliphatic rings. The largest absolute Gasteiger partial charge is 0.308 e. The molecule has 2 atom stereocenters. The van der Waals surface area contributed by atoms with Crippen LogP contribution in [0, 0.1) is 0 Å². The fourth-order valence-corrected chi connectivity index (χ4v) is 2.96. The molecule has 1 aromatic rings. The lowest BCUT2D eigenvalue weighted by Gasteiger charge is -2.20. The highest BCUT2D eigenvalue weighted by Crippen LogP contribution is 2.22. The summed E-state index contributed by atoms with van der Waals surface area (Å²) in [6.07, 6.45) is 4.28. The molecule has 0 aliphatic heterocycles. The first kappa shape index (κ1) is 15.6. The number of nitrogens with one attached hydrogen (secondary N) is 1. The SMILES string of the molecule is CCCn1nccc1C(CSC(C)CC)NCC. The molecule has 0 aromatic carbocycles. The topological polar surface area (TPSA) is 29.9 Å². The van der Waals surface area contributed by atoms with E-state index >= 15 is 0 Å². The summed E-state index contributed by atoms with van der Waals surface area (Å²) < 4.78 is 2.14. The lowest BCUT2D eigenvalue weighted by Crippen LogP contribution is -2.26. The van der Waals surface area contributed by atoms with Crippen molar-refractivity contribution in [1.29, 1.82) is 0 Å². The monoisotopic (exact) mass is 269 g/mol. The predicted octanol–water partition coefficient (Wildman–Crippen LogP) is 3.48. The maximum absolute atomic E-state index is 4.42. The minimum atomic E-state index is 0.419. The van der Waals surface area contributed by atoms with Gasteiger partial charge in [0.05, 0.1) is 11.7 Å². The van der Waals surface area contributed by atoms with Crippen LogP contribution >= 0.6 is 11.8 Å². The van der Waals surface area contributed by atoms with E-state index < -0.39 is 0 Å². The Hall–Kier alpha value is -0.480. The minimum Gasteiger partial charge on any atom is -0.308 e. The Morgan fingerprint density at radius 1 is 1.39 bits per heavy atom. The summed E-state index contributed by atoms with van der Waals surface area (Å²) >= 11 is 2.05. The van der Waals surface area contributed by atoms with Crippen molar-refractivity contribution >= 4 is 11.8 Å². The third kappa shape index (κ3) is 4.65. The van der Waals surface area contributed by atoms with E-state index in [1.807, 2.05) is 18.0 Å². The van der Waals surface area contributed by atoms with Crippen molar-refractivity contribution in [2.45, 2.75) is 58.4 Å². The smallest absolute Gasteiger partial charge is 0.0583 e. The van der Waals surface area contributed by atoms with Crippen LogP contribution in [0.3, 0.4) is 0 Å². The molecule has 1 N–H and O–H groups in total. The van der Waals surface area contributed by atoms with Crippen LogP contribution < -0.4 is 5.32 Å². The van der Waals surface area contributed by atoms with Crippen LogP contribution in [0.25, 0.3) is 0 Å². The molecule has 0 fully saturated rings. The van der Waals surface area contributed by atoms with Gasteiger partial charge in [0, 0.05) is 23.7 Å². The van der Waals surface area contributed by atoms with Crippen LogP contribution in [-0.2, 0) is 6.54 Å². The summed E-state index contributed by atoms with van der Waals surface area (Å²) in [5.74, 6) is 1.12. The Bertz CT molecular complexity index is 325. The van der Waals surface area contributed by atoms with Crippen LogP contribution in [0.5, 0.6) is 0 Å². The van der Waals surface area contributed by atoms with Gasteiger partial charge in [-0.2, -0.15) is 16.9 Å². The van der Waals surface area contributed by atoms with Crippen molar-refractivity contribution in [1.82, 2.24) is 15.1 Å². The summed E-state index contributed by atoms with van der Waals surface area (Å²) in [4.78, 5) is 0. The lowest BCUT2D eigenvalue weighted by molar-refractivity contribution is 0.508. The molecular formula is C14H27N3S. The van der Waals surface area contributed by atoms with E-state index in [9.17, 15) is 0 Å². The zero-order valence-corrected chi connectivity index (χ0v) is 13.0. The van der Waals surface area contributed by atoms with Crippen molar-refractivity contribution in [3.05, 3.63) is 18.0 Å². The molecule has 0 radical (unpaired) electrons. The van der Waals surface area contributed by atoms with Crippen molar-refractivity contribution in [3.8, 4) is 0 Å². The molecule has 4 heteroatoms. The highest BCUT2D eigenvalue weighted by atomic mass is 32.2. The van der Waals surface area contributed by atoms with Gasteiger partial charge in [-0.25, -0.2) is 0 Å². The summed E-state index contributed by atoms with van der Waals surface area (Å²) in [6, 6.07) is 2.57. The summed E-state index contributed by atoms with van der Waals surface area (Å²) in [7, 11) is 0. The molecule has 104 valence electrons. The summed E-state index contributed by atoms with van der Waals surface area (Å²) in [6.45, 7) is 10.9. The zero-order chi connectivity index (χ0) is 13.4. The molecule has 1 rings (SSSR count). The third-order valence-electron chi connectivity index (χ3n) is 3.11. The van der Waals surface area contributed by atoms with Crippen LogP contribution in [0.4, 0.5) is 0 Å². The van der Waals surface area contributed by atoms with Crippen LogP contribution in [0.15, 0.2) is 12.3 Å². The number of nitrogens with zero attached hydrogens (tertiary/aromatic N) is 2. The molecule has 0 amide bonds. The fourth-order valence-electron chi connectivity index (χ4n) is 1.91. The normalized spacial score (nSPS) is 14.7. The highest BCUT2D eigenvalue weighted by molar-refractivity contribution is 7.99. The fraction of sp³-hybridized carbons (Fsp3) is 0.786. The zero-order valence-electron chi connectivity index (χ0n) is 12.1. The van der Waals surface area contributed by atoms with E-state index in [0.717, 1.165) is 30.5 Å². The Labute approximate surface area is 116 Å². The summed E-state index contributed by atoms with van der Waals surface area (Å²) in [5.41, 5.74) is 1.33. The maximum atomic E-state index is 4.42. The second-order valence-corrected chi connectivity index (χ2v) is 6.11. The molecule has 1 aromatic heterocycles. The van der Waals surface area contributed by atoms with E-state index in [0.29, 0.717) is 6.04 Å². The average Bonchev–Trinajstić information content (AvgIpc) is 2.82. The van der Waals surface area contributed by atoms with Gasteiger partial charge in [0.1, 0.15) is 0 Å². The number of hydrogen-bond acceptors (Lipinski definition) is 3. The molecule has 0 spiro atoms. The van der Waals surface area contributed by atoms with Crippen molar-refractivity contribution in [3.63, 3.8) is 0 Å². The number of hydrogen-bond donors (Lipinski definition) is 1. The quantitative estimate of drug-likeness (QED) is 0.744. The second-order valence-electron chi connectivity index (χ2n) is 4.64. The Balaban J connectivity index is 2.67. The van der Waals surface area contributed by atoms with E-state index in [4.69, 9.17) is 0 Å². The molecule has 1 heterocycles. The van der Waals surface area contributed by atoms with Gasteiger partial charge in [-0.15, -0.1) is 0 Å². The molecule has 0 bridgehead atoms. The number of thioether (sulfide) groups is 1. The maximum Gasteiger partial charge on any atom is 0.0583 e. The van der Waals surface area contributed by atoms with Gasteiger partial charge in [0.25, 0.3) is 0 Å². The predicted molar refractivity (Wildman–Crippen MR) is 81.1 cm³/mol. The van der Waals surface area contributed by atoms with Crippen molar-refractivity contribution < 1.29 is 0 Å². The van der Waals surface area contributed by atoms with Gasteiger partial charge < -0.3 is 5.32 Å². The van der Waals surface area contributed by atoms with Gasteiger partial charge in [-0.3, -0.25) is 4.68 Å². The van der Waals surface area contributed by atoms with Gasteiger partial charge >= 0.3 is 0 Å². The molecule has 18 heavy (non-hydrogen) atoms. The Kier molecular flexibility index (Phi) is 7.44. The molecule has 0 saturated heterocycles. The van der Waals surface area contributed by atoms with E-state index in [-0.39, 0.29) is 0 Å². The number of aryl methyl sites for hydroxylation is 1. The molecule has 3 nitrogen and oxygen atoms in total. The van der Waals surface area contributed by atoms with E-state index in [1.165, 1.54) is 12.1 Å². The van der Waals surface area contributed by atoms with Crippen molar-refractivity contribution in [2.24, 2.45) is 0 Å². The first-order chi connectivity index (χ1) is 8.72. The standard InChI is InChI=1S/C14H27N3S/c1-5-10-17-14(8-9-16-17)13(15-7-3)11-18-12(4)6-2/h8-9,12-13,15H,5-7,10-11H2,1-4H3. The van der Waals surface area contributed by atoms with Gasteiger partial charge in [0.2, 0.25) is 0 Å². The summed E-state index contributed by atoms with van der Waals surface area (Å²) in [5, 5.41) is 8.74. The van der Waals surface area contributed by atoms with E-state index in [2.05, 4.69) is 48.9 Å². The highest BCUT2D eigenvalue weighted by Gasteiger charge is 2.16. The van der Waals surface area contributed by atoms with Gasteiger partial charge in [-0.05, 0) is 25.5 Å². The van der Waals surface area contributed by atoms with Gasteiger partial charge in [0.15, 0.2) is 0 Å². The number of rotatable bonds is 9. The second kappa shape index (κ2) is 8.59.